The van der Waals surface area contributed by atoms with Crippen LogP contribution in [0.1, 0.15) is 25.0 Å². The molecule has 0 unspecified atom stereocenters. The van der Waals surface area contributed by atoms with Crippen LogP contribution in [-0.4, -0.2) is 0 Å². The Morgan fingerprint density at radius 1 is 0.463 bits per heavy atom. The van der Waals surface area contributed by atoms with Crippen LogP contribution in [0.4, 0.5) is 11.4 Å². The summed E-state index contributed by atoms with van der Waals surface area (Å²) in [5.41, 5.74) is 12.7. The van der Waals surface area contributed by atoms with E-state index >= 15 is 0 Å². The highest BCUT2D eigenvalue weighted by Gasteiger charge is 2.35. The minimum atomic E-state index is -0.00739. The maximum Gasteiger partial charge on any atom is 0.0387 e. The van der Waals surface area contributed by atoms with Crippen molar-refractivity contribution in [2.45, 2.75) is 19.3 Å². The zero-order valence-corrected chi connectivity index (χ0v) is 23.9. The van der Waals surface area contributed by atoms with E-state index in [1.165, 1.54) is 64.7 Å². The molecule has 41 heavy (non-hydrogen) atoms. The molecule has 1 nitrogen and oxygen atoms in total. The summed E-state index contributed by atoms with van der Waals surface area (Å²) in [7, 11) is 0. The molecule has 1 aliphatic rings. The van der Waals surface area contributed by atoms with Crippen molar-refractivity contribution in [2.75, 3.05) is 5.32 Å². The van der Waals surface area contributed by atoms with Crippen LogP contribution in [-0.2, 0) is 5.41 Å². The number of hydrogen-bond acceptors (Lipinski definition) is 2. The summed E-state index contributed by atoms with van der Waals surface area (Å²) < 4.78 is 2.66. The van der Waals surface area contributed by atoms with Crippen LogP contribution in [0.5, 0.6) is 0 Å². The summed E-state index contributed by atoms with van der Waals surface area (Å²) >= 11 is 1.87. The molecule has 7 aromatic rings. The summed E-state index contributed by atoms with van der Waals surface area (Å²) in [6.45, 7) is 4.65. The molecule has 1 N–H and O–H groups in total. The number of anilines is 2. The van der Waals surface area contributed by atoms with Gasteiger partial charge in [0.05, 0.1) is 0 Å². The van der Waals surface area contributed by atoms with Gasteiger partial charge in [-0.2, -0.15) is 0 Å². The second-order valence-electron chi connectivity index (χ2n) is 11.5. The highest BCUT2D eigenvalue weighted by atomic mass is 32.1. The molecule has 0 fully saturated rings. The van der Waals surface area contributed by atoms with Crippen molar-refractivity contribution in [1.82, 2.24) is 0 Å². The van der Waals surface area contributed by atoms with E-state index in [-0.39, 0.29) is 5.41 Å². The Hall–Kier alpha value is -4.66. The normalized spacial score (nSPS) is 13.3. The molecule has 0 radical (unpaired) electrons. The predicted molar refractivity (Wildman–Crippen MR) is 177 cm³/mol. The standard InChI is InChI=1S/C39H29NS/c1-39(2)35-14-8-6-12-29(35)30-21-20-28(22-36(30)39)40-27-18-16-26(17-19-27)33-24-38-34(31-13-7-9-15-37(31)41-38)23-32(33)25-10-4-3-5-11-25/h3-24,40H,1-2H3. The smallest absolute Gasteiger partial charge is 0.0387 e. The number of benzene rings is 6. The third-order valence-corrected chi connectivity index (χ3v) is 9.80. The summed E-state index contributed by atoms with van der Waals surface area (Å²) in [5.74, 6) is 0. The van der Waals surface area contributed by atoms with Gasteiger partial charge in [0.25, 0.3) is 0 Å². The molecule has 0 spiro atoms. The lowest BCUT2D eigenvalue weighted by Gasteiger charge is -2.22. The third kappa shape index (κ3) is 3.90. The molecule has 196 valence electrons. The van der Waals surface area contributed by atoms with E-state index in [0.29, 0.717) is 0 Å². The van der Waals surface area contributed by atoms with Gasteiger partial charge in [-0.05, 0) is 87.0 Å². The first-order valence-electron chi connectivity index (χ1n) is 14.2. The van der Waals surface area contributed by atoms with E-state index in [2.05, 4.69) is 153 Å². The van der Waals surface area contributed by atoms with Crippen molar-refractivity contribution in [3.8, 4) is 33.4 Å². The zero-order valence-electron chi connectivity index (χ0n) is 23.1. The van der Waals surface area contributed by atoms with Gasteiger partial charge in [-0.25, -0.2) is 0 Å². The Morgan fingerprint density at radius 3 is 1.98 bits per heavy atom. The zero-order chi connectivity index (χ0) is 27.6. The van der Waals surface area contributed by atoms with Crippen molar-refractivity contribution in [2.24, 2.45) is 0 Å². The highest BCUT2D eigenvalue weighted by molar-refractivity contribution is 7.25. The second kappa shape index (κ2) is 9.19. The summed E-state index contributed by atoms with van der Waals surface area (Å²) in [4.78, 5) is 0. The number of hydrogen-bond donors (Lipinski definition) is 1. The lowest BCUT2D eigenvalue weighted by atomic mass is 9.82. The Labute approximate surface area is 244 Å². The molecule has 0 atom stereocenters. The average molecular weight is 544 g/mol. The van der Waals surface area contributed by atoms with Gasteiger partial charge in [0.2, 0.25) is 0 Å². The first kappa shape index (κ1) is 24.2. The minimum Gasteiger partial charge on any atom is -0.356 e. The van der Waals surface area contributed by atoms with Crippen LogP contribution in [0.25, 0.3) is 53.6 Å². The van der Waals surface area contributed by atoms with Crippen LogP contribution >= 0.6 is 11.3 Å². The molecule has 6 aromatic carbocycles. The van der Waals surface area contributed by atoms with Crippen molar-refractivity contribution >= 4 is 42.9 Å². The van der Waals surface area contributed by atoms with E-state index in [0.717, 1.165) is 11.4 Å². The van der Waals surface area contributed by atoms with Crippen LogP contribution in [0, 0.1) is 0 Å². The van der Waals surface area contributed by atoms with Gasteiger partial charge in [-0.3, -0.25) is 0 Å². The molecule has 1 heterocycles. The number of fused-ring (bicyclic) bond motifs is 6. The first-order chi connectivity index (χ1) is 20.1. The first-order valence-corrected chi connectivity index (χ1v) is 15.0. The van der Waals surface area contributed by atoms with E-state index < -0.39 is 0 Å². The fraction of sp³-hybridized carbons (Fsp3) is 0.0769. The van der Waals surface area contributed by atoms with Gasteiger partial charge in [0.1, 0.15) is 0 Å². The van der Waals surface area contributed by atoms with E-state index in [1.807, 2.05) is 11.3 Å². The molecule has 0 amide bonds. The van der Waals surface area contributed by atoms with Crippen molar-refractivity contribution in [3.63, 3.8) is 0 Å². The fourth-order valence-electron chi connectivity index (χ4n) is 6.55. The second-order valence-corrected chi connectivity index (χ2v) is 12.6. The Balaban J connectivity index is 1.16. The van der Waals surface area contributed by atoms with E-state index in [1.54, 1.807) is 0 Å². The Kier molecular flexibility index (Phi) is 5.42. The molecule has 0 saturated heterocycles. The third-order valence-electron chi connectivity index (χ3n) is 8.67. The maximum atomic E-state index is 3.67. The van der Waals surface area contributed by atoms with Gasteiger partial charge < -0.3 is 5.32 Å². The van der Waals surface area contributed by atoms with Gasteiger partial charge >= 0.3 is 0 Å². The molecule has 1 aromatic heterocycles. The predicted octanol–water partition coefficient (Wildman–Crippen LogP) is 11.4. The van der Waals surface area contributed by atoms with E-state index in [4.69, 9.17) is 0 Å². The molecule has 0 bridgehead atoms. The molecule has 0 saturated carbocycles. The Bertz CT molecular complexity index is 2080. The monoisotopic (exact) mass is 543 g/mol. The van der Waals surface area contributed by atoms with Crippen molar-refractivity contribution in [1.29, 1.82) is 0 Å². The molecule has 0 aliphatic heterocycles. The summed E-state index contributed by atoms with van der Waals surface area (Å²) in [6, 6.07) is 48.7. The van der Waals surface area contributed by atoms with Crippen molar-refractivity contribution < 1.29 is 0 Å². The minimum absolute atomic E-state index is 0.00739. The number of rotatable bonds is 4. The lowest BCUT2D eigenvalue weighted by molar-refractivity contribution is 0.660. The largest absolute Gasteiger partial charge is 0.356 e. The van der Waals surface area contributed by atoms with Crippen LogP contribution < -0.4 is 5.32 Å². The molecule has 1 aliphatic carbocycles. The summed E-state index contributed by atoms with van der Waals surface area (Å²) in [5, 5.41) is 6.33. The van der Waals surface area contributed by atoms with Gasteiger partial charge in [0, 0.05) is 37.0 Å². The van der Waals surface area contributed by atoms with Gasteiger partial charge in [-0.1, -0.05) is 105 Å². The number of thiophene rings is 1. The molecular formula is C39H29NS. The Morgan fingerprint density at radius 2 is 1.12 bits per heavy atom. The van der Waals surface area contributed by atoms with Crippen LogP contribution in [0.2, 0.25) is 0 Å². The van der Waals surface area contributed by atoms with Gasteiger partial charge in [0.15, 0.2) is 0 Å². The fourth-order valence-corrected chi connectivity index (χ4v) is 7.68. The van der Waals surface area contributed by atoms with Crippen molar-refractivity contribution in [3.05, 3.63) is 145 Å². The topological polar surface area (TPSA) is 12.0 Å². The lowest BCUT2D eigenvalue weighted by Crippen LogP contribution is -2.15. The van der Waals surface area contributed by atoms with Crippen LogP contribution in [0.15, 0.2) is 133 Å². The quantitative estimate of drug-likeness (QED) is 0.233. The number of nitrogens with one attached hydrogen (secondary N) is 1. The molecule has 2 heteroatoms. The SMILES string of the molecule is CC1(C)c2ccccc2-c2ccc(Nc3ccc(-c4cc5sc6ccccc6c5cc4-c4ccccc4)cc3)cc21. The molecule has 8 rings (SSSR count). The highest BCUT2D eigenvalue weighted by Crippen LogP contribution is 2.49. The van der Waals surface area contributed by atoms with Gasteiger partial charge in [-0.15, -0.1) is 11.3 Å². The summed E-state index contributed by atoms with van der Waals surface area (Å²) in [6.07, 6.45) is 0. The average Bonchev–Trinajstić information content (AvgIpc) is 3.49. The van der Waals surface area contributed by atoms with Crippen LogP contribution in [0.3, 0.4) is 0 Å². The van der Waals surface area contributed by atoms with E-state index in [9.17, 15) is 0 Å². The molecular weight excluding hydrogens is 515 g/mol. The maximum absolute atomic E-state index is 3.67.